The maximum absolute atomic E-state index is 12.0. The summed E-state index contributed by atoms with van der Waals surface area (Å²) in [5.41, 5.74) is 2.35. The number of esters is 1. The molecule has 1 aromatic heterocycles. The molecule has 3 heterocycles. The van der Waals surface area contributed by atoms with E-state index < -0.39 is 15.5 Å². The van der Waals surface area contributed by atoms with Gasteiger partial charge in [-0.3, -0.25) is 9.69 Å². The smallest absolute Gasteiger partial charge is 0.336 e. The van der Waals surface area contributed by atoms with E-state index in [1.807, 2.05) is 17.9 Å². The number of methoxy groups -OCH3 is 1. The second-order valence-corrected chi connectivity index (χ2v) is 9.85. The molecule has 0 radical (unpaired) electrons. The monoisotopic (exact) mass is 421 g/mol. The summed E-state index contributed by atoms with van der Waals surface area (Å²) in [6, 6.07) is 3.20. The van der Waals surface area contributed by atoms with Crippen molar-refractivity contribution in [3.05, 3.63) is 39.2 Å². The Morgan fingerprint density at radius 2 is 2.14 bits per heavy atom. The molecule has 0 spiro atoms. The standard InChI is InChI=1S/C20H23NO7S/c1-12-7-18(23)28-20-15(12)8-13(3-4-17(22)26-2)19-16(20)9-21(11-27-19)14-5-6-29(24,25)10-14/h7-8,14H,3-6,9-11H2,1-2H3. The van der Waals surface area contributed by atoms with Gasteiger partial charge in [0.2, 0.25) is 0 Å². The molecule has 0 N–H and O–H groups in total. The summed E-state index contributed by atoms with van der Waals surface area (Å²) in [6.45, 7) is 2.51. The molecule has 0 saturated carbocycles. The minimum absolute atomic E-state index is 0.106. The number of carbonyl (C=O) groups excluding carboxylic acids is 1. The van der Waals surface area contributed by atoms with Crippen LogP contribution in [0.3, 0.4) is 0 Å². The van der Waals surface area contributed by atoms with Crippen LogP contribution in [-0.4, -0.2) is 50.7 Å². The van der Waals surface area contributed by atoms with Crippen LogP contribution in [0.25, 0.3) is 11.0 Å². The lowest BCUT2D eigenvalue weighted by Crippen LogP contribution is -2.41. The Hall–Kier alpha value is -2.39. The molecule has 1 fully saturated rings. The van der Waals surface area contributed by atoms with Gasteiger partial charge < -0.3 is 13.9 Å². The number of fused-ring (bicyclic) bond motifs is 3. The van der Waals surface area contributed by atoms with Gasteiger partial charge in [0.1, 0.15) is 18.1 Å². The molecule has 1 unspecified atom stereocenters. The fourth-order valence-corrected chi connectivity index (χ4v) is 5.86. The lowest BCUT2D eigenvalue weighted by molar-refractivity contribution is -0.140. The van der Waals surface area contributed by atoms with Crippen LogP contribution >= 0.6 is 0 Å². The zero-order chi connectivity index (χ0) is 20.8. The number of nitrogens with zero attached hydrogens (tertiary/aromatic N) is 1. The van der Waals surface area contributed by atoms with E-state index >= 15 is 0 Å². The number of ether oxygens (including phenoxy) is 2. The topological polar surface area (TPSA) is 103 Å². The molecule has 8 nitrogen and oxygen atoms in total. The van der Waals surface area contributed by atoms with Crippen molar-refractivity contribution in [2.75, 3.05) is 25.3 Å². The van der Waals surface area contributed by atoms with Crippen molar-refractivity contribution in [3.63, 3.8) is 0 Å². The number of hydrogen-bond acceptors (Lipinski definition) is 8. The lowest BCUT2D eigenvalue weighted by atomic mass is 9.97. The van der Waals surface area contributed by atoms with E-state index in [0.717, 1.165) is 22.1 Å². The maximum atomic E-state index is 12.0. The van der Waals surface area contributed by atoms with Gasteiger partial charge in [0, 0.05) is 30.5 Å². The van der Waals surface area contributed by atoms with Crippen LogP contribution in [0.1, 0.15) is 29.5 Å². The summed E-state index contributed by atoms with van der Waals surface area (Å²) in [4.78, 5) is 25.6. The van der Waals surface area contributed by atoms with Gasteiger partial charge in [0.15, 0.2) is 9.84 Å². The normalized spacial score (nSPS) is 21.0. The first kappa shape index (κ1) is 19.9. The Bertz CT molecular complexity index is 1140. The molecule has 2 aliphatic heterocycles. The third kappa shape index (κ3) is 3.89. The Morgan fingerprint density at radius 1 is 1.34 bits per heavy atom. The molecule has 156 valence electrons. The van der Waals surface area contributed by atoms with E-state index in [9.17, 15) is 18.0 Å². The van der Waals surface area contributed by atoms with Gasteiger partial charge in [-0.25, -0.2) is 13.2 Å². The van der Waals surface area contributed by atoms with Crippen LogP contribution in [0.4, 0.5) is 0 Å². The van der Waals surface area contributed by atoms with Gasteiger partial charge in [0.25, 0.3) is 0 Å². The van der Waals surface area contributed by atoms with Gasteiger partial charge in [-0.05, 0) is 37.0 Å². The summed E-state index contributed by atoms with van der Waals surface area (Å²) in [5, 5.41) is 0.785. The quantitative estimate of drug-likeness (QED) is 0.541. The minimum atomic E-state index is -3.03. The fourth-order valence-electron chi connectivity index (χ4n) is 4.10. The van der Waals surface area contributed by atoms with Crippen LogP contribution in [0.15, 0.2) is 21.3 Å². The van der Waals surface area contributed by atoms with Crippen molar-refractivity contribution in [2.45, 2.75) is 38.8 Å². The first-order valence-corrected chi connectivity index (χ1v) is 11.3. The Labute approximate surface area is 168 Å². The molecule has 1 saturated heterocycles. The van der Waals surface area contributed by atoms with Crippen LogP contribution < -0.4 is 10.4 Å². The number of aryl methyl sites for hydroxylation is 2. The Kier molecular flexibility index (Phi) is 5.12. The van der Waals surface area contributed by atoms with Crippen molar-refractivity contribution in [1.29, 1.82) is 0 Å². The summed E-state index contributed by atoms with van der Waals surface area (Å²) < 4.78 is 40.1. The predicted octanol–water partition coefficient (Wildman–Crippen LogP) is 1.55. The molecular formula is C20H23NO7S. The number of rotatable bonds is 4. The van der Waals surface area contributed by atoms with Crippen molar-refractivity contribution in [3.8, 4) is 5.75 Å². The number of carbonyl (C=O) groups is 1. The zero-order valence-corrected chi connectivity index (χ0v) is 17.2. The summed E-state index contributed by atoms with van der Waals surface area (Å²) in [7, 11) is -1.68. The highest BCUT2D eigenvalue weighted by Crippen LogP contribution is 2.38. The van der Waals surface area contributed by atoms with Crippen LogP contribution in [0.5, 0.6) is 5.75 Å². The third-order valence-corrected chi connectivity index (χ3v) is 7.40. The lowest BCUT2D eigenvalue weighted by Gasteiger charge is -2.34. The van der Waals surface area contributed by atoms with Crippen molar-refractivity contribution >= 4 is 26.8 Å². The number of benzene rings is 1. The number of sulfone groups is 1. The summed E-state index contributed by atoms with van der Waals surface area (Å²) >= 11 is 0. The minimum Gasteiger partial charge on any atom is -0.477 e. The largest absolute Gasteiger partial charge is 0.477 e. The Morgan fingerprint density at radius 3 is 2.83 bits per heavy atom. The zero-order valence-electron chi connectivity index (χ0n) is 16.4. The second kappa shape index (κ2) is 7.46. The average Bonchev–Trinajstić information content (AvgIpc) is 3.05. The average molecular weight is 421 g/mol. The van der Waals surface area contributed by atoms with E-state index in [4.69, 9.17) is 13.9 Å². The van der Waals surface area contributed by atoms with E-state index in [1.165, 1.54) is 13.2 Å². The molecule has 1 aromatic carbocycles. The molecule has 0 bridgehead atoms. The summed E-state index contributed by atoms with van der Waals surface area (Å²) in [5.74, 6) is 0.569. The van der Waals surface area contributed by atoms with E-state index in [2.05, 4.69) is 0 Å². The maximum Gasteiger partial charge on any atom is 0.336 e. The molecule has 29 heavy (non-hydrogen) atoms. The first-order chi connectivity index (χ1) is 13.8. The van der Waals surface area contributed by atoms with Crippen LogP contribution in [0, 0.1) is 6.92 Å². The van der Waals surface area contributed by atoms with Gasteiger partial charge in [0.05, 0.1) is 24.2 Å². The molecule has 0 aliphatic carbocycles. The predicted molar refractivity (Wildman–Crippen MR) is 106 cm³/mol. The van der Waals surface area contributed by atoms with Crippen LogP contribution in [-0.2, 0) is 32.3 Å². The van der Waals surface area contributed by atoms with Gasteiger partial charge in [-0.1, -0.05) is 0 Å². The fraction of sp³-hybridized carbons (Fsp3) is 0.500. The van der Waals surface area contributed by atoms with Gasteiger partial charge >= 0.3 is 11.6 Å². The molecule has 2 aromatic rings. The van der Waals surface area contributed by atoms with Gasteiger partial charge in [-0.15, -0.1) is 0 Å². The van der Waals surface area contributed by atoms with Crippen molar-refractivity contribution < 1.29 is 27.1 Å². The van der Waals surface area contributed by atoms with E-state index in [0.29, 0.717) is 30.7 Å². The first-order valence-electron chi connectivity index (χ1n) is 9.50. The van der Waals surface area contributed by atoms with Gasteiger partial charge in [-0.2, -0.15) is 0 Å². The summed E-state index contributed by atoms with van der Waals surface area (Å²) in [6.07, 6.45) is 1.20. The molecule has 4 rings (SSSR count). The molecular weight excluding hydrogens is 398 g/mol. The molecule has 2 aliphatic rings. The third-order valence-electron chi connectivity index (χ3n) is 5.65. The SMILES string of the molecule is COC(=O)CCc1cc2c(C)cc(=O)oc2c2c1OCN(C1CCS(=O)(=O)C1)C2. The van der Waals surface area contributed by atoms with Crippen molar-refractivity contribution in [1.82, 2.24) is 4.90 Å². The van der Waals surface area contributed by atoms with Crippen LogP contribution in [0.2, 0.25) is 0 Å². The van der Waals surface area contributed by atoms with E-state index in [1.54, 1.807) is 0 Å². The van der Waals surface area contributed by atoms with E-state index in [-0.39, 0.29) is 36.7 Å². The highest BCUT2D eigenvalue weighted by molar-refractivity contribution is 7.91. The highest BCUT2D eigenvalue weighted by Gasteiger charge is 2.36. The molecule has 1 atom stereocenters. The molecule has 0 amide bonds. The highest BCUT2D eigenvalue weighted by atomic mass is 32.2. The molecule has 9 heteroatoms. The van der Waals surface area contributed by atoms with Crippen molar-refractivity contribution in [2.24, 2.45) is 0 Å². The number of hydrogen-bond donors (Lipinski definition) is 0. The second-order valence-electron chi connectivity index (χ2n) is 7.62. The Balaban J connectivity index is 1.77.